The van der Waals surface area contributed by atoms with Gasteiger partial charge >= 0.3 is 6.03 Å². The first-order valence-electron chi connectivity index (χ1n) is 5.62. The second-order valence-electron chi connectivity index (χ2n) is 4.29. The van der Waals surface area contributed by atoms with Gasteiger partial charge in [-0.2, -0.15) is 4.99 Å². The first-order chi connectivity index (χ1) is 8.66. The lowest BCUT2D eigenvalue weighted by atomic mass is 10.0. The summed E-state index contributed by atoms with van der Waals surface area (Å²) >= 11 is 0. The number of hydrogen-bond donors (Lipinski definition) is 1. The third-order valence-electron chi connectivity index (χ3n) is 3.14. The van der Waals surface area contributed by atoms with E-state index in [1.54, 1.807) is 13.2 Å². The maximum atomic E-state index is 11.5. The minimum absolute atomic E-state index is 0.276. The molecule has 0 saturated heterocycles. The number of carbonyl (C=O) groups excluding carboxylic acids is 1. The van der Waals surface area contributed by atoms with Crippen molar-refractivity contribution in [2.75, 3.05) is 7.05 Å². The molecule has 0 radical (unpaired) electrons. The number of carbonyl (C=O) groups is 1. The van der Waals surface area contributed by atoms with Crippen LogP contribution in [0.4, 0.5) is 4.79 Å². The van der Waals surface area contributed by atoms with Crippen LogP contribution in [0, 0.1) is 0 Å². The Balaban J connectivity index is 2.10. The summed E-state index contributed by atoms with van der Waals surface area (Å²) in [5.41, 5.74) is 7.68. The van der Waals surface area contributed by atoms with Crippen molar-refractivity contribution in [2.24, 2.45) is 10.7 Å². The van der Waals surface area contributed by atoms with E-state index in [1.165, 1.54) is 4.90 Å². The summed E-state index contributed by atoms with van der Waals surface area (Å²) in [7, 11) is 1.70. The van der Waals surface area contributed by atoms with Gasteiger partial charge in [-0.15, -0.1) is 0 Å². The van der Waals surface area contributed by atoms with E-state index in [9.17, 15) is 4.79 Å². The molecule has 0 aliphatic carbocycles. The quantitative estimate of drug-likeness (QED) is 0.824. The minimum Gasteiger partial charge on any atom is -0.385 e. The number of amides is 2. The molecule has 2 N–H and O–H groups in total. The molecule has 2 aromatic rings. The Kier molecular flexibility index (Phi) is 2.26. The summed E-state index contributed by atoms with van der Waals surface area (Å²) in [6.07, 6.45) is 1.75. The molecule has 1 aromatic heterocycles. The smallest absolute Gasteiger partial charge is 0.345 e. The fraction of sp³-hybridized carbons (Fsp3) is 0.154. The fourth-order valence-corrected chi connectivity index (χ4v) is 2.22. The van der Waals surface area contributed by atoms with E-state index in [-0.39, 0.29) is 12.1 Å². The number of nitrogens with zero attached hydrogens (tertiary/aromatic N) is 3. The van der Waals surface area contributed by atoms with Crippen LogP contribution in [0.1, 0.15) is 11.6 Å². The molecule has 5 nitrogen and oxygen atoms in total. The number of likely N-dealkylation sites (N-methyl/N-ethyl adjacent to an activating group) is 1. The van der Waals surface area contributed by atoms with E-state index < -0.39 is 0 Å². The Morgan fingerprint density at radius 3 is 2.89 bits per heavy atom. The molecule has 0 bridgehead atoms. The normalized spacial score (nSPS) is 19.4. The van der Waals surface area contributed by atoms with Crippen molar-refractivity contribution in [1.82, 2.24) is 9.88 Å². The number of hydrogen-bond acceptors (Lipinski definition) is 3. The molecule has 5 heteroatoms. The number of rotatable bonds is 1. The van der Waals surface area contributed by atoms with Crippen LogP contribution in [0.3, 0.4) is 0 Å². The summed E-state index contributed by atoms with van der Waals surface area (Å²) < 4.78 is 0. The van der Waals surface area contributed by atoms with E-state index in [0.717, 1.165) is 16.5 Å². The molecule has 3 rings (SSSR count). The van der Waals surface area contributed by atoms with Crippen LogP contribution in [-0.2, 0) is 0 Å². The number of fused-ring (bicyclic) bond motifs is 1. The Bertz CT molecular complexity index is 665. The van der Waals surface area contributed by atoms with Gasteiger partial charge in [0, 0.05) is 18.6 Å². The zero-order chi connectivity index (χ0) is 12.7. The molecular formula is C13H12N4O. The highest BCUT2D eigenvalue weighted by molar-refractivity contribution is 6.03. The third-order valence-corrected chi connectivity index (χ3v) is 3.14. The molecule has 2 amide bonds. The van der Waals surface area contributed by atoms with Gasteiger partial charge in [0.15, 0.2) is 0 Å². The molecule has 1 aliphatic heterocycles. The minimum atomic E-state index is -0.302. The molecule has 1 aromatic carbocycles. The van der Waals surface area contributed by atoms with Crippen molar-refractivity contribution < 1.29 is 4.79 Å². The maximum absolute atomic E-state index is 11.5. The van der Waals surface area contributed by atoms with E-state index in [1.807, 2.05) is 30.3 Å². The Hall–Kier alpha value is -2.43. The van der Waals surface area contributed by atoms with Crippen LogP contribution in [0.2, 0.25) is 0 Å². The largest absolute Gasteiger partial charge is 0.385 e. The van der Waals surface area contributed by atoms with E-state index in [2.05, 4.69) is 9.98 Å². The average Bonchev–Trinajstić information content (AvgIpc) is 2.63. The van der Waals surface area contributed by atoms with Gasteiger partial charge in [0.1, 0.15) is 11.9 Å². The number of nitrogens with two attached hydrogens (primary N) is 1. The fourth-order valence-electron chi connectivity index (χ4n) is 2.22. The SMILES string of the molecule is CN1C(=O)N=C(N)C1c1ccc2ncccc2c1. The number of benzene rings is 1. The number of pyridine rings is 1. The molecule has 0 fully saturated rings. The van der Waals surface area contributed by atoms with Crippen molar-refractivity contribution >= 4 is 22.8 Å². The Labute approximate surface area is 104 Å². The van der Waals surface area contributed by atoms with Gasteiger partial charge in [0.05, 0.1) is 5.52 Å². The monoisotopic (exact) mass is 240 g/mol. The average molecular weight is 240 g/mol. The van der Waals surface area contributed by atoms with Gasteiger partial charge in [-0.25, -0.2) is 4.79 Å². The van der Waals surface area contributed by atoms with Gasteiger partial charge in [-0.1, -0.05) is 12.1 Å². The summed E-state index contributed by atoms with van der Waals surface area (Å²) in [4.78, 5) is 21.0. The van der Waals surface area contributed by atoms with Crippen LogP contribution < -0.4 is 5.73 Å². The first kappa shape index (κ1) is 10.7. The molecule has 2 heterocycles. The van der Waals surface area contributed by atoms with Crippen molar-refractivity contribution in [3.05, 3.63) is 42.1 Å². The van der Waals surface area contributed by atoms with E-state index in [4.69, 9.17) is 5.73 Å². The highest BCUT2D eigenvalue weighted by Gasteiger charge is 2.31. The number of aromatic nitrogens is 1. The molecule has 0 saturated carbocycles. The van der Waals surface area contributed by atoms with Crippen molar-refractivity contribution in [2.45, 2.75) is 6.04 Å². The highest BCUT2D eigenvalue weighted by atomic mass is 16.2. The zero-order valence-corrected chi connectivity index (χ0v) is 9.87. The zero-order valence-electron chi connectivity index (χ0n) is 9.87. The van der Waals surface area contributed by atoms with Crippen LogP contribution in [0.15, 0.2) is 41.5 Å². The Morgan fingerprint density at radius 1 is 1.33 bits per heavy atom. The predicted molar refractivity (Wildman–Crippen MR) is 69.3 cm³/mol. The highest BCUT2D eigenvalue weighted by Crippen LogP contribution is 2.27. The van der Waals surface area contributed by atoms with Crippen LogP contribution >= 0.6 is 0 Å². The van der Waals surface area contributed by atoms with Gasteiger partial charge in [0.25, 0.3) is 0 Å². The van der Waals surface area contributed by atoms with Crippen molar-refractivity contribution in [3.63, 3.8) is 0 Å². The number of urea groups is 1. The molecular weight excluding hydrogens is 228 g/mol. The van der Waals surface area contributed by atoms with E-state index >= 15 is 0 Å². The topological polar surface area (TPSA) is 71.6 Å². The first-order valence-corrected chi connectivity index (χ1v) is 5.62. The lowest BCUT2D eigenvalue weighted by molar-refractivity contribution is 0.219. The second-order valence-corrected chi connectivity index (χ2v) is 4.29. The van der Waals surface area contributed by atoms with Crippen molar-refractivity contribution in [3.8, 4) is 0 Å². The van der Waals surface area contributed by atoms with Crippen LogP contribution in [-0.4, -0.2) is 28.8 Å². The molecule has 1 aliphatic rings. The number of aliphatic imine (C=N–C) groups is 1. The maximum Gasteiger partial charge on any atom is 0.345 e. The summed E-state index contributed by atoms with van der Waals surface area (Å²) in [5, 5.41) is 1.02. The lowest BCUT2D eigenvalue weighted by Gasteiger charge is -2.20. The summed E-state index contributed by atoms with van der Waals surface area (Å²) in [5.74, 6) is 0.339. The van der Waals surface area contributed by atoms with Gasteiger partial charge < -0.3 is 10.6 Å². The number of amidine groups is 1. The van der Waals surface area contributed by atoms with Gasteiger partial charge in [-0.3, -0.25) is 4.98 Å². The summed E-state index contributed by atoms with van der Waals surface area (Å²) in [6.45, 7) is 0. The second kappa shape index (κ2) is 3.80. The molecule has 0 spiro atoms. The molecule has 1 unspecified atom stereocenters. The van der Waals surface area contributed by atoms with Gasteiger partial charge in [-0.05, 0) is 23.8 Å². The van der Waals surface area contributed by atoms with Crippen LogP contribution in [0.5, 0.6) is 0 Å². The van der Waals surface area contributed by atoms with Crippen molar-refractivity contribution in [1.29, 1.82) is 0 Å². The molecule has 1 atom stereocenters. The Morgan fingerprint density at radius 2 is 2.17 bits per heavy atom. The van der Waals surface area contributed by atoms with E-state index in [0.29, 0.717) is 5.84 Å². The summed E-state index contributed by atoms with van der Waals surface area (Å²) in [6, 6.07) is 9.13. The van der Waals surface area contributed by atoms with Gasteiger partial charge in [0.2, 0.25) is 0 Å². The third kappa shape index (κ3) is 1.52. The predicted octanol–water partition coefficient (Wildman–Crippen LogP) is 1.70. The molecule has 90 valence electrons. The van der Waals surface area contributed by atoms with Crippen LogP contribution in [0.25, 0.3) is 10.9 Å². The lowest BCUT2D eigenvalue weighted by Crippen LogP contribution is -2.30. The standard InChI is InChI=1S/C13H12N4O/c1-17-11(12(14)16-13(17)18)9-4-5-10-8(7-9)3-2-6-15-10/h2-7,11H,1H3,(H2,14,16,18). The molecule has 18 heavy (non-hydrogen) atoms.